The maximum Gasteiger partial charge on any atom is 0.101 e. The molecule has 0 spiro atoms. The summed E-state index contributed by atoms with van der Waals surface area (Å²) in [5.41, 5.74) is 8.27. The Kier molecular flexibility index (Phi) is 3.12. The molecule has 1 heterocycles. The molecule has 4 nitrogen and oxygen atoms in total. The highest BCUT2D eigenvalue weighted by Gasteiger charge is 2.03. The molecule has 2 aromatic rings. The molecule has 0 aliphatic rings. The number of nitrogen functional groups attached to an aromatic ring is 1. The van der Waals surface area contributed by atoms with Crippen LogP contribution in [0.2, 0.25) is 5.02 Å². The minimum atomic E-state index is 0.408. The average molecular weight is 245 g/mol. The van der Waals surface area contributed by atoms with E-state index in [2.05, 4.69) is 10.3 Å². The van der Waals surface area contributed by atoms with Crippen molar-refractivity contribution < 1.29 is 0 Å². The number of nitrogens with one attached hydrogen (secondary N) is 1. The Bertz CT molecular complexity index is 589. The van der Waals surface area contributed by atoms with Gasteiger partial charge in [-0.1, -0.05) is 11.6 Å². The molecular weight excluding hydrogens is 236 g/mol. The monoisotopic (exact) mass is 244 g/mol. The van der Waals surface area contributed by atoms with E-state index in [-0.39, 0.29) is 0 Å². The lowest BCUT2D eigenvalue weighted by molar-refractivity contribution is 1.33. The summed E-state index contributed by atoms with van der Waals surface area (Å²) in [5, 5.41) is 12.3. The van der Waals surface area contributed by atoms with Gasteiger partial charge in [0, 0.05) is 11.9 Å². The summed E-state index contributed by atoms with van der Waals surface area (Å²) in [6.45, 7) is 0. The third-order valence-corrected chi connectivity index (χ3v) is 2.53. The van der Waals surface area contributed by atoms with Crippen LogP contribution in [0.15, 0.2) is 36.7 Å². The Labute approximate surface area is 104 Å². The molecule has 0 fully saturated rings. The number of halogens is 1. The first-order valence-electron chi connectivity index (χ1n) is 4.87. The number of nitriles is 1. The van der Waals surface area contributed by atoms with Crippen LogP contribution in [-0.2, 0) is 0 Å². The summed E-state index contributed by atoms with van der Waals surface area (Å²) in [6.07, 6.45) is 3.21. The van der Waals surface area contributed by atoms with E-state index in [4.69, 9.17) is 22.6 Å². The van der Waals surface area contributed by atoms with Gasteiger partial charge in [-0.2, -0.15) is 5.26 Å². The SMILES string of the molecule is N#Cc1ccc(Nc2ccncc2N)cc1Cl. The molecule has 0 unspecified atom stereocenters. The van der Waals surface area contributed by atoms with E-state index in [9.17, 15) is 0 Å². The Morgan fingerprint density at radius 1 is 1.35 bits per heavy atom. The molecule has 0 aliphatic heterocycles. The van der Waals surface area contributed by atoms with Crippen molar-refractivity contribution in [2.45, 2.75) is 0 Å². The average Bonchev–Trinajstić information content (AvgIpc) is 2.32. The molecule has 0 atom stereocenters. The van der Waals surface area contributed by atoms with Crippen molar-refractivity contribution in [2.75, 3.05) is 11.1 Å². The Morgan fingerprint density at radius 2 is 2.18 bits per heavy atom. The Morgan fingerprint density at radius 3 is 2.82 bits per heavy atom. The van der Waals surface area contributed by atoms with Crippen molar-refractivity contribution in [3.8, 4) is 6.07 Å². The quantitative estimate of drug-likeness (QED) is 0.852. The Balaban J connectivity index is 2.29. The lowest BCUT2D eigenvalue weighted by atomic mass is 10.2. The van der Waals surface area contributed by atoms with Gasteiger partial charge in [0.25, 0.3) is 0 Å². The topological polar surface area (TPSA) is 74.7 Å². The second-order valence-electron chi connectivity index (χ2n) is 3.39. The van der Waals surface area contributed by atoms with Gasteiger partial charge >= 0.3 is 0 Å². The van der Waals surface area contributed by atoms with E-state index < -0.39 is 0 Å². The zero-order chi connectivity index (χ0) is 12.3. The number of nitrogens with two attached hydrogens (primary N) is 1. The highest BCUT2D eigenvalue weighted by molar-refractivity contribution is 6.32. The number of nitrogens with zero attached hydrogens (tertiary/aromatic N) is 2. The number of hydrogen-bond donors (Lipinski definition) is 2. The predicted molar refractivity (Wildman–Crippen MR) is 68.1 cm³/mol. The Hall–Kier alpha value is -2.25. The number of aromatic nitrogens is 1. The van der Waals surface area contributed by atoms with E-state index in [1.165, 1.54) is 0 Å². The third-order valence-electron chi connectivity index (χ3n) is 2.22. The molecule has 1 aromatic heterocycles. The lowest BCUT2D eigenvalue weighted by Crippen LogP contribution is -1.96. The zero-order valence-corrected chi connectivity index (χ0v) is 9.57. The molecule has 17 heavy (non-hydrogen) atoms. The van der Waals surface area contributed by atoms with E-state index in [1.807, 2.05) is 6.07 Å². The van der Waals surface area contributed by atoms with E-state index in [1.54, 1.807) is 36.7 Å². The van der Waals surface area contributed by atoms with Crippen LogP contribution < -0.4 is 11.1 Å². The fourth-order valence-corrected chi connectivity index (χ4v) is 1.58. The molecule has 2 rings (SSSR count). The predicted octanol–water partition coefficient (Wildman–Crippen LogP) is 2.93. The first kappa shape index (κ1) is 11.2. The zero-order valence-electron chi connectivity index (χ0n) is 8.81. The van der Waals surface area contributed by atoms with Crippen molar-refractivity contribution in [1.29, 1.82) is 5.26 Å². The van der Waals surface area contributed by atoms with Gasteiger partial charge in [-0.15, -0.1) is 0 Å². The van der Waals surface area contributed by atoms with E-state index in [0.717, 1.165) is 11.4 Å². The molecule has 0 bridgehead atoms. The maximum atomic E-state index is 8.76. The van der Waals surface area contributed by atoms with Gasteiger partial charge in [-0.05, 0) is 24.3 Å². The lowest BCUT2D eigenvalue weighted by Gasteiger charge is -2.09. The molecule has 0 amide bonds. The number of hydrogen-bond acceptors (Lipinski definition) is 4. The first-order valence-corrected chi connectivity index (χ1v) is 5.24. The van der Waals surface area contributed by atoms with Crippen LogP contribution in [0.1, 0.15) is 5.56 Å². The molecule has 0 aliphatic carbocycles. The number of rotatable bonds is 2. The van der Waals surface area contributed by atoms with Gasteiger partial charge in [0.2, 0.25) is 0 Å². The minimum absolute atomic E-state index is 0.408. The number of anilines is 3. The summed E-state index contributed by atoms with van der Waals surface area (Å²) < 4.78 is 0. The van der Waals surface area contributed by atoms with Crippen LogP contribution in [0.4, 0.5) is 17.1 Å². The number of pyridine rings is 1. The minimum Gasteiger partial charge on any atom is -0.396 e. The maximum absolute atomic E-state index is 8.76. The van der Waals surface area contributed by atoms with Crippen LogP contribution in [0.25, 0.3) is 0 Å². The summed E-state index contributed by atoms with van der Waals surface area (Å²) in [4.78, 5) is 3.90. The van der Waals surface area contributed by atoms with Gasteiger partial charge in [0.15, 0.2) is 0 Å². The summed E-state index contributed by atoms with van der Waals surface area (Å²) in [5.74, 6) is 0. The van der Waals surface area contributed by atoms with Gasteiger partial charge in [-0.3, -0.25) is 4.98 Å². The molecule has 3 N–H and O–H groups in total. The molecule has 0 radical (unpaired) electrons. The van der Waals surface area contributed by atoms with Gasteiger partial charge in [0.05, 0.1) is 28.2 Å². The van der Waals surface area contributed by atoms with Gasteiger partial charge < -0.3 is 11.1 Å². The smallest absolute Gasteiger partial charge is 0.101 e. The highest BCUT2D eigenvalue weighted by Crippen LogP contribution is 2.25. The number of benzene rings is 1. The van der Waals surface area contributed by atoms with Crippen molar-refractivity contribution in [3.63, 3.8) is 0 Å². The van der Waals surface area contributed by atoms with Crippen LogP contribution >= 0.6 is 11.6 Å². The molecule has 1 aromatic carbocycles. The fraction of sp³-hybridized carbons (Fsp3) is 0. The molecule has 5 heteroatoms. The molecular formula is C12H9ClN4. The second kappa shape index (κ2) is 4.73. The molecule has 0 saturated heterocycles. The standard InChI is InChI=1S/C12H9ClN4/c13-10-5-9(2-1-8(10)6-14)17-12-3-4-16-7-11(12)15/h1-5,7H,15H2,(H,16,17). The van der Waals surface area contributed by atoms with Crippen LogP contribution in [0.5, 0.6) is 0 Å². The van der Waals surface area contributed by atoms with Crippen molar-refractivity contribution in [1.82, 2.24) is 4.98 Å². The first-order chi connectivity index (χ1) is 8.20. The van der Waals surface area contributed by atoms with E-state index in [0.29, 0.717) is 16.3 Å². The molecule has 0 saturated carbocycles. The van der Waals surface area contributed by atoms with Crippen molar-refractivity contribution in [3.05, 3.63) is 47.2 Å². The van der Waals surface area contributed by atoms with Crippen LogP contribution in [0, 0.1) is 11.3 Å². The van der Waals surface area contributed by atoms with Gasteiger partial charge in [0.1, 0.15) is 6.07 Å². The van der Waals surface area contributed by atoms with Crippen molar-refractivity contribution >= 4 is 28.7 Å². The van der Waals surface area contributed by atoms with Crippen molar-refractivity contribution in [2.24, 2.45) is 0 Å². The normalized spacial score (nSPS) is 9.65. The van der Waals surface area contributed by atoms with Crippen LogP contribution in [-0.4, -0.2) is 4.98 Å². The van der Waals surface area contributed by atoms with Gasteiger partial charge in [-0.25, -0.2) is 0 Å². The second-order valence-corrected chi connectivity index (χ2v) is 3.80. The third kappa shape index (κ3) is 2.47. The van der Waals surface area contributed by atoms with E-state index >= 15 is 0 Å². The molecule has 84 valence electrons. The fourth-order valence-electron chi connectivity index (χ4n) is 1.36. The largest absolute Gasteiger partial charge is 0.396 e. The summed E-state index contributed by atoms with van der Waals surface area (Å²) in [6, 6.07) is 8.87. The summed E-state index contributed by atoms with van der Waals surface area (Å²) in [7, 11) is 0. The highest BCUT2D eigenvalue weighted by atomic mass is 35.5. The summed E-state index contributed by atoms with van der Waals surface area (Å²) >= 11 is 5.93. The van der Waals surface area contributed by atoms with Crippen LogP contribution in [0.3, 0.4) is 0 Å².